The van der Waals surface area contributed by atoms with Crippen LogP contribution in [0.25, 0.3) is 0 Å². The summed E-state index contributed by atoms with van der Waals surface area (Å²) in [6, 6.07) is 15.3. The summed E-state index contributed by atoms with van der Waals surface area (Å²) >= 11 is 3.35. The predicted octanol–water partition coefficient (Wildman–Crippen LogP) is 3.69. The van der Waals surface area contributed by atoms with Crippen LogP contribution in [0.4, 0.5) is 5.69 Å². The van der Waals surface area contributed by atoms with Gasteiger partial charge in [-0.25, -0.2) is 0 Å². The minimum absolute atomic E-state index is 0.0404. The first-order chi connectivity index (χ1) is 9.61. The van der Waals surface area contributed by atoms with Crippen molar-refractivity contribution in [3.63, 3.8) is 0 Å². The molecule has 1 amide bonds. The van der Waals surface area contributed by atoms with Gasteiger partial charge < -0.3 is 10.6 Å². The second kappa shape index (κ2) is 6.57. The standard InChI is InChI=1S/C16H17BrN2O/c1-2-19(11-12-6-4-3-5-7-12)16(20)14-9-8-13(17)10-15(14)18/h3-10H,2,11,18H2,1H3. The molecule has 0 aromatic heterocycles. The molecule has 20 heavy (non-hydrogen) atoms. The summed E-state index contributed by atoms with van der Waals surface area (Å²) in [4.78, 5) is 14.3. The molecule has 2 aromatic carbocycles. The van der Waals surface area contributed by atoms with Crippen LogP contribution in [0.1, 0.15) is 22.8 Å². The SMILES string of the molecule is CCN(Cc1ccccc1)C(=O)c1ccc(Br)cc1N. The van der Waals surface area contributed by atoms with Crippen LogP contribution in [0.2, 0.25) is 0 Å². The number of halogens is 1. The molecular weight excluding hydrogens is 316 g/mol. The lowest BCUT2D eigenvalue weighted by atomic mass is 10.1. The number of rotatable bonds is 4. The molecule has 4 heteroatoms. The molecule has 2 rings (SSSR count). The summed E-state index contributed by atoms with van der Waals surface area (Å²) in [6.45, 7) is 3.20. The molecule has 0 aliphatic rings. The summed E-state index contributed by atoms with van der Waals surface area (Å²) < 4.78 is 0.873. The summed E-state index contributed by atoms with van der Waals surface area (Å²) in [5.74, 6) is -0.0404. The van der Waals surface area contributed by atoms with Crippen LogP contribution in [-0.4, -0.2) is 17.4 Å². The summed E-state index contributed by atoms with van der Waals surface area (Å²) in [5, 5.41) is 0. The van der Waals surface area contributed by atoms with E-state index in [0.717, 1.165) is 10.0 Å². The maximum atomic E-state index is 12.5. The minimum atomic E-state index is -0.0404. The molecule has 0 heterocycles. The Bertz CT molecular complexity index is 599. The van der Waals surface area contributed by atoms with Crippen LogP contribution in [0.3, 0.4) is 0 Å². The fourth-order valence-corrected chi connectivity index (χ4v) is 2.41. The molecule has 104 valence electrons. The van der Waals surface area contributed by atoms with Crippen molar-refractivity contribution in [2.45, 2.75) is 13.5 Å². The maximum Gasteiger partial charge on any atom is 0.256 e. The largest absolute Gasteiger partial charge is 0.398 e. The van der Waals surface area contributed by atoms with Gasteiger partial charge in [0.15, 0.2) is 0 Å². The van der Waals surface area contributed by atoms with Crippen LogP contribution in [0, 0.1) is 0 Å². The molecule has 0 aliphatic carbocycles. The quantitative estimate of drug-likeness (QED) is 0.868. The van der Waals surface area contributed by atoms with E-state index in [1.54, 1.807) is 17.0 Å². The summed E-state index contributed by atoms with van der Waals surface area (Å²) in [6.07, 6.45) is 0. The van der Waals surface area contributed by atoms with Crippen molar-refractivity contribution < 1.29 is 4.79 Å². The lowest BCUT2D eigenvalue weighted by Crippen LogP contribution is -2.30. The Balaban J connectivity index is 2.21. The summed E-state index contributed by atoms with van der Waals surface area (Å²) in [5.41, 5.74) is 8.08. The monoisotopic (exact) mass is 332 g/mol. The lowest BCUT2D eigenvalue weighted by molar-refractivity contribution is 0.0753. The Kier molecular flexibility index (Phi) is 4.79. The highest BCUT2D eigenvalue weighted by Gasteiger charge is 2.17. The zero-order chi connectivity index (χ0) is 14.5. The van der Waals surface area contributed by atoms with Gasteiger partial charge in [-0.15, -0.1) is 0 Å². The number of hydrogen-bond acceptors (Lipinski definition) is 2. The Labute approximate surface area is 127 Å². The van der Waals surface area contributed by atoms with E-state index in [1.807, 2.05) is 43.3 Å². The van der Waals surface area contributed by atoms with Crippen LogP contribution in [0.5, 0.6) is 0 Å². The first-order valence-corrected chi connectivity index (χ1v) is 7.29. The van der Waals surface area contributed by atoms with E-state index in [2.05, 4.69) is 15.9 Å². The first-order valence-electron chi connectivity index (χ1n) is 6.50. The molecule has 0 radical (unpaired) electrons. The van der Waals surface area contributed by atoms with Gasteiger partial charge in [0.05, 0.1) is 5.56 Å². The third-order valence-electron chi connectivity index (χ3n) is 3.13. The van der Waals surface area contributed by atoms with Crippen molar-refractivity contribution in [3.05, 3.63) is 64.1 Å². The van der Waals surface area contributed by atoms with Gasteiger partial charge in [0.1, 0.15) is 0 Å². The molecule has 0 saturated carbocycles. The molecular formula is C16H17BrN2O. The molecule has 0 atom stereocenters. The van der Waals surface area contributed by atoms with Gasteiger partial charge in [-0.2, -0.15) is 0 Å². The average molecular weight is 333 g/mol. The van der Waals surface area contributed by atoms with Gasteiger partial charge in [-0.1, -0.05) is 46.3 Å². The first kappa shape index (κ1) is 14.6. The fourth-order valence-electron chi connectivity index (χ4n) is 2.03. The minimum Gasteiger partial charge on any atom is -0.398 e. The zero-order valence-corrected chi connectivity index (χ0v) is 12.9. The van der Waals surface area contributed by atoms with Gasteiger partial charge in [-0.05, 0) is 30.7 Å². The van der Waals surface area contributed by atoms with Gasteiger partial charge in [0.25, 0.3) is 5.91 Å². The van der Waals surface area contributed by atoms with Gasteiger partial charge in [0.2, 0.25) is 0 Å². The van der Waals surface area contributed by atoms with Gasteiger partial charge in [0, 0.05) is 23.2 Å². The second-order valence-corrected chi connectivity index (χ2v) is 5.45. The number of anilines is 1. The third-order valence-corrected chi connectivity index (χ3v) is 3.62. The molecule has 0 bridgehead atoms. The van der Waals surface area contributed by atoms with Crippen molar-refractivity contribution >= 4 is 27.5 Å². The molecule has 0 fully saturated rings. The van der Waals surface area contributed by atoms with Crippen molar-refractivity contribution in [2.24, 2.45) is 0 Å². The lowest BCUT2D eigenvalue weighted by Gasteiger charge is -2.22. The van der Waals surface area contributed by atoms with Crippen molar-refractivity contribution in [1.82, 2.24) is 4.90 Å². The van der Waals surface area contributed by atoms with Gasteiger partial charge in [-0.3, -0.25) is 4.79 Å². The second-order valence-electron chi connectivity index (χ2n) is 4.54. The highest BCUT2D eigenvalue weighted by molar-refractivity contribution is 9.10. The van der Waals surface area contributed by atoms with Gasteiger partial charge >= 0.3 is 0 Å². The van der Waals surface area contributed by atoms with Crippen LogP contribution in [-0.2, 0) is 6.54 Å². The normalized spacial score (nSPS) is 10.3. The molecule has 2 N–H and O–H groups in total. The van der Waals surface area contributed by atoms with Crippen molar-refractivity contribution in [1.29, 1.82) is 0 Å². The van der Waals surface area contributed by atoms with E-state index >= 15 is 0 Å². The topological polar surface area (TPSA) is 46.3 Å². The number of benzene rings is 2. The Hall–Kier alpha value is -1.81. The number of nitrogen functional groups attached to an aromatic ring is 1. The third kappa shape index (κ3) is 3.39. The van der Waals surface area contributed by atoms with Crippen LogP contribution >= 0.6 is 15.9 Å². The summed E-state index contributed by atoms with van der Waals surface area (Å²) in [7, 11) is 0. The van der Waals surface area contributed by atoms with E-state index in [9.17, 15) is 4.79 Å². The van der Waals surface area contributed by atoms with Crippen molar-refractivity contribution in [2.75, 3.05) is 12.3 Å². The van der Waals surface area contributed by atoms with Crippen LogP contribution in [0.15, 0.2) is 53.0 Å². The number of amides is 1. The smallest absolute Gasteiger partial charge is 0.256 e. The highest BCUT2D eigenvalue weighted by atomic mass is 79.9. The van der Waals surface area contributed by atoms with E-state index < -0.39 is 0 Å². The van der Waals surface area contributed by atoms with Crippen molar-refractivity contribution in [3.8, 4) is 0 Å². The number of nitrogens with zero attached hydrogens (tertiary/aromatic N) is 1. The average Bonchev–Trinajstić information content (AvgIpc) is 2.45. The molecule has 0 unspecified atom stereocenters. The molecule has 0 saturated heterocycles. The van der Waals surface area contributed by atoms with E-state index in [4.69, 9.17) is 5.73 Å². The fraction of sp³-hybridized carbons (Fsp3) is 0.188. The maximum absolute atomic E-state index is 12.5. The van der Waals surface area contributed by atoms with Crippen LogP contribution < -0.4 is 5.73 Å². The predicted molar refractivity (Wildman–Crippen MR) is 85.4 cm³/mol. The molecule has 2 aromatic rings. The Morgan fingerprint density at radius 3 is 2.50 bits per heavy atom. The van der Waals surface area contributed by atoms with E-state index in [-0.39, 0.29) is 5.91 Å². The Morgan fingerprint density at radius 1 is 1.20 bits per heavy atom. The molecule has 3 nitrogen and oxygen atoms in total. The number of carbonyl (C=O) groups excluding carboxylic acids is 1. The number of hydrogen-bond donors (Lipinski definition) is 1. The highest BCUT2D eigenvalue weighted by Crippen LogP contribution is 2.20. The van der Waals surface area contributed by atoms with E-state index in [0.29, 0.717) is 24.3 Å². The number of carbonyl (C=O) groups is 1. The number of nitrogens with two attached hydrogens (primary N) is 1. The zero-order valence-electron chi connectivity index (χ0n) is 11.3. The van der Waals surface area contributed by atoms with E-state index in [1.165, 1.54) is 0 Å². The molecule has 0 spiro atoms. The Morgan fingerprint density at radius 2 is 1.90 bits per heavy atom. The molecule has 0 aliphatic heterocycles.